The first-order valence-electron chi connectivity index (χ1n) is 8.92. The van der Waals surface area contributed by atoms with E-state index in [-0.39, 0.29) is 18.8 Å². The normalized spacial score (nSPS) is 10.8. The van der Waals surface area contributed by atoms with Crippen LogP contribution in [-0.2, 0) is 14.3 Å². The van der Waals surface area contributed by atoms with Gasteiger partial charge in [0.2, 0.25) is 0 Å². The highest BCUT2D eigenvalue weighted by atomic mass is 79.9. The largest absolute Gasteiger partial charge is 0.481 e. The second-order valence-corrected chi connectivity index (χ2v) is 7.08. The molecule has 7 heteroatoms. The number of anilines is 1. The van der Waals surface area contributed by atoms with E-state index in [2.05, 4.69) is 21.2 Å². The van der Waals surface area contributed by atoms with E-state index < -0.39 is 11.9 Å². The van der Waals surface area contributed by atoms with Crippen molar-refractivity contribution in [2.24, 2.45) is 0 Å². The molecule has 150 valence electrons. The first-order valence-corrected chi connectivity index (χ1v) is 9.71. The van der Waals surface area contributed by atoms with E-state index in [0.717, 1.165) is 11.1 Å². The number of carbonyl (C=O) groups is 2. The molecule has 6 nitrogen and oxygen atoms in total. The third kappa shape index (κ3) is 6.47. The molecule has 0 radical (unpaired) electrons. The van der Waals surface area contributed by atoms with Gasteiger partial charge in [0.1, 0.15) is 17.4 Å². The number of benzene rings is 2. The fourth-order valence-corrected chi connectivity index (χ4v) is 2.95. The number of carbonyl (C=O) groups excluding carboxylic acids is 2. The topological polar surface area (TPSA) is 88.4 Å². The van der Waals surface area contributed by atoms with Crippen molar-refractivity contribution in [3.8, 4) is 11.8 Å². The first-order chi connectivity index (χ1) is 13.8. The first kappa shape index (κ1) is 22.2. The van der Waals surface area contributed by atoms with Crippen LogP contribution in [0.4, 0.5) is 5.69 Å². The van der Waals surface area contributed by atoms with Gasteiger partial charge >= 0.3 is 5.97 Å². The highest BCUT2D eigenvalue weighted by Gasteiger charge is 2.12. The maximum atomic E-state index is 12.5. The fourth-order valence-electron chi connectivity index (χ4n) is 2.44. The number of amides is 1. The zero-order chi connectivity index (χ0) is 21.4. The number of aryl methyl sites for hydroxylation is 2. The van der Waals surface area contributed by atoms with Crippen LogP contribution in [0.1, 0.15) is 23.6 Å². The molecule has 0 saturated carbocycles. The van der Waals surface area contributed by atoms with Gasteiger partial charge in [0, 0.05) is 5.69 Å². The van der Waals surface area contributed by atoms with Crippen LogP contribution in [0.2, 0.25) is 0 Å². The van der Waals surface area contributed by atoms with Crippen molar-refractivity contribution >= 4 is 39.6 Å². The smallest absolute Gasteiger partial charge is 0.344 e. The van der Waals surface area contributed by atoms with E-state index in [4.69, 9.17) is 9.47 Å². The van der Waals surface area contributed by atoms with E-state index in [9.17, 15) is 14.9 Å². The molecular weight excluding hydrogens is 436 g/mol. The second-order valence-electron chi connectivity index (χ2n) is 6.23. The molecule has 0 spiro atoms. The average molecular weight is 457 g/mol. The van der Waals surface area contributed by atoms with Crippen molar-refractivity contribution < 1.29 is 19.1 Å². The zero-order valence-corrected chi connectivity index (χ0v) is 18.0. The Hall–Kier alpha value is -3.11. The molecule has 0 saturated heterocycles. The minimum absolute atomic E-state index is 0.0296. The standard InChI is InChI=1S/C22H21BrN2O4/c1-4-28-21(26)13-29-20-8-7-16(11-18(20)23)10-17(12-24)22(27)25-19-9-14(2)5-6-15(19)3/h5-11H,4,13H2,1-3H3,(H,25,27)/b17-10+. The minimum Gasteiger partial charge on any atom is -0.481 e. The molecular formula is C22H21BrN2O4. The average Bonchev–Trinajstić information content (AvgIpc) is 2.68. The molecule has 0 aromatic heterocycles. The number of hydrogen-bond donors (Lipinski definition) is 1. The summed E-state index contributed by atoms with van der Waals surface area (Å²) < 4.78 is 10.8. The van der Waals surface area contributed by atoms with E-state index in [1.807, 2.05) is 38.1 Å². The Bertz CT molecular complexity index is 993. The van der Waals surface area contributed by atoms with Crippen molar-refractivity contribution in [1.82, 2.24) is 0 Å². The molecule has 0 unspecified atom stereocenters. The lowest BCUT2D eigenvalue weighted by molar-refractivity contribution is -0.145. The summed E-state index contributed by atoms with van der Waals surface area (Å²) in [5.74, 6) is -0.494. The summed E-state index contributed by atoms with van der Waals surface area (Å²) in [7, 11) is 0. The number of halogens is 1. The number of ether oxygens (including phenoxy) is 2. The van der Waals surface area contributed by atoms with Gasteiger partial charge in [-0.1, -0.05) is 18.2 Å². The van der Waals surface area contributed by atoms with Crippen molar-refractivity contribution in [2.75, 3.05) is 18.5 Å². The molecule has 29 heavy (non-hydrogen) atoms. The molecule has 0 bridgehead atoms. The summed E-state index contributed by atoms with van der Waals surface area (Å²) in [5, 5.41) is 12.2. The lowest BCUT2D eigenvalue weighted by Gasteiger charge is -2.10. The number of nitrogens with one attached hydrogen (secondary N) is 1. The summed E-state index contributed by atoms with van der Waals surface area (Å²) in [4.78, 5) is 23.9. The van der Waals surface area contributed by atoms with Crippen LogP contribution in [-0.4, -0.2) is 25.1 Å². The van der Waals surface area contributed by atoms with Crippen molar-refractivity contribution in [3.63, 3.8) is 0 Å². The fraction of sp³-hybridized carbons (Fsp3) is 0.227. The van der Waals surface area contributed by atoms with Crippen LogP contribution in [0.3, 0.4) is 0 Å². The summed E-state index contributed by atoms with van der Waals surface area (Å²) >= 11 is 3.37. The number of nitriles is 1. The van der Waals surface area contributed by atoms with Crippen LogP contribution >= 0.6 is 15.9 Å². The summed E-state index contributed by atoms with van der Waals surface area (Å²) in [6, 6.07) is 12.7. The molecule has 0 aliphatic carbocycles. The highest BCUT2D eigenvalue weighted by Crippen LogP contribution is 2.27. The molecule has 0 aliphatic rings. The van der Waals surface area contributed by atoms with E-state index in [1.165, 1.54) is 6.08 Å². The van der Waals surface area contributed by atoms with Crippen molar-refractivity contribution in [2.45, 2.75) is 20.8 Å². The quantitative estimate of drug-likeness (QED) is 0.374. The molecule has 2 aromatic rings. The number of nitrogens with zero attached hydrogens (tertiary/aromatic N) is 1. The van der Waals surface area contributed by atoms with Gasteiger partial charge in [0.15, 0.2) is 6.61 Å². The van der Waals surface area contributed by atoms with E-state index in [0.29, 0.717) is 21.5 Å². The highest BCUT2D eigenvalue weighted by molar-refractivity contribution is 9.10. The predicted molar refractivity (Wildman–Crippen MR) is 114 cm³/mol. The summed E-state index contributed by atoms with van der Waals surface area (Å²) in [6.07, 6.45) is 1.49. The minimum atomic E-state index is -0.486. The van der Waals surface area contributed by atoms with E-state index in [1.54, 1.807) is 25.1 Å². The number of rotatable bonds is 7. The van der Waals surface area contributed by atoms with Gasteiger partial charge < -0.3 is 14.8 Å². The van der Waals surface area contributed by atoms with Crippen LogP contribution in [0, 0.1) is 25.2 Å². The summed E-state index contributed by atoms with van der Waals surface area (Å²) in [6.45, 7) is 5.62. The third-order valence-electron chi connectivity index (χ3n) is 3.92. The Labute approximate surface area is 178 Å². The monoisotopic (exact) mass is 456 g/mol. The molecule has 0 atom stereocenters. The maximum Gasteiger partial charge on any atom is 0.344 e. The number of hydrogen-bond acceptors (Lipinski definition) is 5. The predicted octanol–water partition coefficient (Wildman–Crippen LogP) is 4.55. The Balaban J connectivity index is 2.14. The summed E-state index contributed by atoms with van der Waals surface area (Å²) in [5.41, 5.74) is 3.19. The molecule has 0 fully saturated rings. The van der Waals surface area contributed by atoms with Gasteiger partial charge in [-0.2, -0.15) is 5.26 Å². The Kier molecular flexibility index (Phi) is 7.98. The molecule has 1 amide bonds. The Morgan fingerprint density at radius 2 is 1.97 bits per heavy atom. The second kappa shape index (κ2) is 10.4. The van der Waals surface area contributed by atoms with Crippen LogP contribution in [0.5, 0.6) is 5.75 Å². The van der Waals surface area contributed by atoms with Crippen molar-refractivity contribution in [1.29, 1.82) is 5.26 Å². The lowest BCUT2D eigenvalue weighted by atomic mass is 10.1. The van der Waals surface area contributed by atoms with Gasteiger partial charge in [0.25, 0.3) is 5.91 Å². The molecule has 2 aromatic carbocycles. The van der Waals surface area contributed by atoms with Gasteiger partial charge in [-0.05, 0) is 77.7 Å². The van der Waals surface area contributed by atoms with Gasteiger partial charge in [-0.25, -0.2) is 4.79 Å². The maximum absolute atomic E-state index is 12.5. The molecule has 0 aliphatic heterocycles. The SMILES string of the molecule is CCOC(=O)COc1ccc(/C=C(\C#N)C(=O)Nc2cc(C)ccc2C)cc1Br. The lowest BCUT2D eigenvalue weighted by Crippen LogP contribution is -2.15. The van der Waals surface area contributed by atoms with Crippen LogP contribution in [0.15, 0.2) is 46.4 Å². The van der Waals surface area contributed by atoms with Gasteiger partial charge in [-0.3, -0.25) is 4.79 Å². The van der Waals surface area contributed by atoms with Gasteiger partial charge in [0.05, 0.1) is 11.1 Å². The van der Waals surface area contributed by atoms with Crippen LogP contribution < -0.4 is 10.1 Å². The third-order valence-corrected chi connectivity index (χ3v) is 4.54. The Morgan fingerprint density at radius 1 is 1.21 bits per heavy atom. The van der Waals surface area contributed by atoms with E-state index >= 15 is 0 Å². The van der Waals surface area contributed by atoms with Crippen LogP contribution in [0.25, 0.3) is 6.08 Å². The Morgan fingerprint density at radius 3 is 2.62 bits per heavy atom. The number of esters is 1. The van der Waals surface area contributed by atoms with Crippen molar-refractivity contribution in [3.05, 3.63) is 63.1 Å². The molecule has 0 heterocycles. The zero-order valence-electron chi connectivity index (χ0n) is 16.4. The molecule has 1 N–H and O–H groups in total. The molecule has 2 rings (SSSR count). The van der Waals surface area contributed by atoms with Gasteiger partial charge in [-0.15, -0.1) is 0 Å².